The minimum absolute atomic E-state index is 0.212. The summed E-state index contributed by atoms with van der Waals surface area (Å²) in [6, 6.07) is 14.6. The van der Waals surface area contributed by atoms with Gasteiger partial charge in [-0.15, -0.1) is 0 Å². The first kappa shape index (κ1) is 17.3. The standard InChI is InChI=1S/C21H13ClN6O/c22-14-11-15(13-23-12-14)27-10-7-20(29)21(26-27)19-6-9-25-28(19)18-5-8-24-17-4-2-1-3-16(17)18/h1-13H. The number of pyridine rings is 2. The Morgan fingerprint density at radius 1 is 0.966 bits per heavy atom. The van der Waals surface area contributed by atoms with E-state index in [0.717, 1.165) is 16.6 Å². The summed E-state index contributed by atoms with van der Waals surface area (Å²) in [6.07, 6.45) is 8.11. The maximum Gasteiger partial charge on any atom is 0.209 e. The van der Waals surface area contributed by atoms with Crippen molar-refractivity contribution >= 4 is 22.5 Å². The molecule has 0 unspecified atom stereocenters. The molecular weight excluding hydrogens is 388 g/mol. The lowest BCUT2D eigenvalue weighted by atomic mass is 10.2. The van der Waals surface area contributed by atoms with E-state index in [1.54, 1.807) is 46.3 Å². The summed E-state index contributed by atoms with van der Waals surface area (Å²) in [4.78, 5) is 21.1. The Bertz CT molecular complexity index is 1400. The van der Waals surface area contributed by atoms with Crippen LogP contribution in [0, 0.1) is 0 Å². The summed E-state index contributed by atoms with van der Waals surface area (Å²) in [5.74, 6) is 0. The zero-order valence-corrected chi connectivity index (χ0v) is 15.7. The normalized spacial score (nSPS) is 11.1. The smallest absolute Gasteiger partial charge is 0.209 e. The third-order valence-electron chi connectivity index (χ3n) is 4.50. The fourth-order valence-electron chi connectivity index (χ4n) is 3.19. The third kappa shape index (κ3) is 3.07. The van der Waals surface area contributed by atoms with E-state index in [9.17, 15) is 4.79 Å². The topological polar surface area (TPSA) is 78.5 Å². The molecule has 4 heterocycles. The lowest BCUT2D eigenvalue weighted by molar-refractivity contribution is 0.820. The summed E-state index contributed by atoms with van der Waals surface area (Å²) in [5.41, 5.74) is 2.95. The number of para-hydroxylation sites is 1. The SMILES string of the molecule is O=c1ccn(-c2cncc(Cl)c2)nc1-c1ccnn1-c1ccnc2ccccc12. The van der Waals surface area contributed by atoms with Crippen LogP contribution in [0.1, 0.15) is 0 Å². The molecule has 0 amide bonds. The summed E-state index contributed by atoms with van der Waals surface area (Å²) < 4.78 is 3.27. The largest absolute Gasteiger partial charge is 0.287 e. The first-order valence-corrected chi connectivity index (χ1v) is 9.18. The van der Waals surface area contributed by atoms with Gasteiger partial charge in [0.1, 0.15) is 0 Å². The average Bonchev–Trinajstić information content (AvgIpc) is 3.23. The molecule has 0 N–H and O–H groups in total. The molecule has 0 fully saturated rings. The van der Waals surface area contributed by atoms with E-state index >= 15 is 0 Å². The van der Waals surface area contributed by atoms with Gasteiger partial charge in [-0.3, -0.25) is 14.8 Å². The van der Waals surface area contributed by atoms with E-state index < -0.39 is 0 Å². The van der Waals surface area contributed by atoms with Crippen molar-refractivity contribution in [3.05, 3.63) is 94.8 Å². The quantitative estimate of drug-likeness (QED) is 0.461. The van der Waals surface area contributed by atoms with Crippen LogP contribution in [0.4, 0.5) is 0 Å². The fourth-order valence-corrected chi connectivity index (χ4v) is 3.36. The molecule has 140 valence electrons. The first-order chi connectivity index (χ1) is 14.2. The van der Waals surface area contributed by atoms with Gasteiger partial charge in [-0.25, -0.2) is 9.36 Å². The minimum Gasteiger partial charge on any atom is -0.287 e. The Labute approximate surface area is 169 Å². The van der Waals surface area contributed by atoms with Gasteiger partial charge in [-0.05, 0) is 24.3 Å². The van der Waals surface area contributed by atoms with E-state index in [1.165, 1.54) is 12.3 Å². The molecule has 0 aliphatic rings. The summed E-state index contributed by atoms with van der Waals surface area (Å²) in [6.45, 7) is 0. The van der Waals surface area contributed by atoms with Gasteiger partial charge < -0.3 is 0 Å². The molecule has 8 heteroatoms. The van der Waals surface area contributed by atoms with Crippen LogP contribution >= 0.6 is 11.6 Å². The van der Waals surface area contributed by atoms with Crippen LogP contribution < -0.4 is 5.43 Å². The molecule has 29 heavy (non-hydrogen) atoms. The Morgan fingerprint density at radius 2 is 1.86 bits per heavy atom. The first-order valence-electron chi connectivity index (χ1n) is 8.80. The van der Waals surface area contributed by atoms with Crippen LogP contribution in [0.3, 0.4) is 0 Å². The van der Waals surface area contributed by atoms with Crippen molar-refractivity contribution in [3.63, 3.8) is 0 Å². The molecule has 1 aromatic carbocycles. The monoisotopic (exact) mass is 400 g/mol. The third-order valence-corrected chi connectivity index (χ3v) is 4.71. The van der Waals surface area contributed by atoms with Gasteiger partial charge in [-0.1, -0.05) is 29.8 Å². The number of benzene rings is 1. The van der Waals surface area contributed by atoms with Crippen molar-refractivity contribution in [1.29, 1.82) is 0 Å². The number of halogens is 1. The predicted octanol–water partition coefficient (Wildman–Crippen LogP) is 3.68. The summed E-state index contributed by atoms with van der Waals surface area (Å²) in [7, 11) is 0. The molecule has 5 rings (SSSR count). The molecule has 0 saturated heterocycles. The van der Waals surface area contributed by atoms with Crippen LogP contribution in [0.5, 0.6) is 0 Å². The molecular formula is C21H13ClN6O. The Hall–Kier alpha value is -3.84. The van der Waals surface area contributed by atoms with E-state index in [4.69, 9.17) is 11.6 Å². The lowest BCUT2D eigenvalue weighted by Crippen LogP contribution is -2.15. The van der Waals surface area contributed by atoms with Gasteiger partial charge in [-0.2, -0.15) is 10.2 Å². The highest BCUT2D eigenvalue weighted by Gasteiger charge is 2.15. The second kappa shape index (κ2) is 6.96. The van der Waals surface area contributed by atoms with Crippen LogP contribution in [0.25, 0.3) is 33.7 Å². The molecule has 4 aromatic heterocycles. The van der Waals surface area contributed by atoms with Crippen molar-refractivity contribution in [2.24, 2.45) is 0 Å². The van der Waals surface area contributed by atoms with Gasteiger partial charge in [0.05, 0.1) is 40.0 Å². The maximum atomic E-state index is 12.6. The van der Waals surface area contributed by atoms with Crippen molar-refractivity contribution in [2.45, 2.75) is 0 Å². The van der Waals surface area contributed by atoms with Crippen LogP contribution in [-0.4, -0.2) is 29.5 Å². The van der Waals surface area contributed by atoms with Gasteiger partial charge in [0.25, 0.3) is 0 Å². The van der Waals surface area contributed by atoms with Crippen molar-refractivity contribution in [1.82, 2.24) is 29.5 Å². The molecule has 0 atom stereocenters. The molecule has 0 aliphatic heterocycles. The zero-order chi connectivity index (χ0) is 19.8. The fraction of sp³-hybridized carbons (Fsp3) is 0. The lowest BCUT2D eigenvalue weighted by Gasteiger charge is -2.11. The highest BCUT2D eigenvalue weighted by molar-refractivity contribution is 6.30. The zero-order valence-electron chi connectivity index (χ0n) is 15.0. The van der Waals surface area contributed by atoms with Crippen molar-refractivity contribution < 1.29 is 0 Å². The second-order valence-corrected chi connectivity index (χ2v) is 6.75. The van der Waals surface area contributed by atoms with Crippen LogP contribution in [-0.2, 0) is 0 Å². The molecule has 7 nitrogen and oxygen atoms in total. The Balaban J connectivity index is 1.70. The molecule has 5 aromatic rings. The van der Waals surface area contributed by atoms with E-state index in [-0.39, 0.29) is 11.1 Å². The minimum atomic E-state index is -0.212. The van der Waals surface area contributed by atoms with Gasteiger partial charge in [0, 0.05) is 30.0 Å². The summed E-state index contributed by atoms with van der Waals surface area (Å²) >= 11 is 6.04. The number of aromatic nitrogens is 6. The van der Waals surface area contributed by atoms with Crippen LogP contribution in [0.15, 0.2) is 84.3 Å². The number of nitrogens with zero attached hydrogens (tertiary/aromatic N) is 6. The predicted molar refractivity (Wildman–Crippen MR) is 110 cm³/mol. The molecule has 0 spiro atoms. The molecule has 0 bridgehead atoms. The van der Waals surface area contributed by atoms with E-state index in [0.29, 0.717) is 16.4 Å². The number of hydrogen-bond donors (Lipinski definition) is 0. The second-order valence-electron chi connectivity index (χ2n) is 6.31. The van der Waals surface area contributed by atoms with E-state index in [2.05, 4.69) is 20.2 Å². The maximum absolute atomic E-state index is 12.6. The van der Waals surface area contributed by atoms with Crippen molar-refractivity contribution in [2.75, 3.05) is 0 Å². The molecule has 0 saturated carbocycles. The highest BCUT2D eigenvalue weighted by Crippen LogP contribution is 2.24. The van der Waals surface area contributed by atoms with Gasteiger partial charge >= 0.3 is 0 Å². The van der Waals surface area contributed by atoms with Crippen LogP contribution in [0.2, 0.25) is 5.02 Å². The number of fused-ring (bicyclic) bond motifs is 1. The van der Waals surface area contributed by atoms with Gasteiger partial charge in [0.15, 0.2) is 5.69 Å². The Morgan fingerprint density at radius 3 is 2.76 bits per heavy atom. The van der Waals surface area contributed by atoms with Crippen molar-refractivity contribution in [3.8, 4) is 22.8 Å². The number of rotatable bonds is 3. The number of hydrogen-bond acceptors (Lipinski definition) is 5. The van der Waals surface area contributed by atoms with Gasteiger partial charge in [0.2, 0.25) is 5.43 Å². The average molecular weight is 401 g/mol. The molecule has 0 aliphatic carbocycles. The molecule has 0 radical (unpaired) electrons. The Kier molecular flexibility index (Phi) is 4.14. The summed E-state index contributed by atoms with van der Waals surface area (Å²) in [5, 5.41) is 10.4. The van der Waals surface area contributed by atoms with E-state index in [1.807, 2.05) is 30.3 Å². The highest BCUT2D eigenvalue weighted by atomic mass is 35.5.